The first-order valence-electron chi connectivity index (χ1n) is 4.98. The predicted molar refractivity (Wildman–Crippen MR) is 58.9 cm³/mol. The monoisotopic (exact) mass is 216 g/mol. The summed E-state index contributed by atoms with van der Waals surface area (Å²) in [7, 11) is 0. The molecule has 0 bridgehead atoms. The number of carbonyl (C=O) groups excluding carboxylic acids is 1. The van der Waals surface area contributed by atoms with Crippen LogP contribution < -0.4 is 0 Å². The first kappa shape index (κ1) is 10.4. The number of aromatic amines is 1. The van der Waals surface area contributed by atoms with Gasteiger partial charge in [-0.15, -0.1) is 0 Å². The molecule has 0 fully saturated rings. The van der Waals surface area contributed by atoms with Crippen LogP contribution in [-0.2, 0) is 11.3 Å². The van der Waals surface area contributed by atoms with Gasteiger partial charge in [0.2, 0.25) is 0 Å². The molecule has 0 atom stereocenters. The number of esters is 1. The molecule has 0 amide bonds. The van der Waals surface area contributed by atoms with E-state index in [-0.39, 0.29) is 12.6 Å². The Morgan fingerprint density at radius 1 is 1.44 bits per heavy atom. The van der Waals surface area contributed by atoms with Crippen molar-refractivity contribution >= 4 is 5.97 Å². The molecule has 0 aliphatic heterocycles. The Morgan fingerprint density at radius 2 is 2.31 bits per heavy atom. The molecule has 2 rings (SSSR count). The highest BCUT2D eigenvalue weighted by Crippen LogP contribution is 2.06. The van der Waals surface area contributed by atoms with Crippen molar-refractivity contribution in [2.75, 3.05) is 0 Å². The molecule has 1 heterocycles. The number of benzene rings is 1. The Balaban J connectivity index is 1.95. The van der Waals surface area contributed by atoms with Gasteiger partial charge < -0.3 is 4.74 Å². The van der Waals surface area contributed by atoms with Gasteiger partial charge in [-0.2, -0.15) is 5.10 Å². The second kappa shape index (κ2) is 4.61. The maximum Gasteiger partial charge on any atom is 0.356 e. The van der Waals surface area contributed by atoms with E-state index in [0.29, 0.717) is 5.69 Å². The van der Waals surface area contributed by atoms with Crippen molar-refractivity contribution in [1.82, 2.24) is 10.2 Å². The van der Waals surface area contributed by atoms with Crippen molar-refractivity contribution in [3.8, 4) is 0 Å². The van der Waals surface area contributed by atoms with Crippen molar-refractivity contribution < 1.29 is 9.53 Å². The van der Waals surface area contributed by atoms with E-state index in [0.717, 1.165) is 11.1 Å². The van der Waals surface area contributed by atoms with Crippen molar-refractivity contribution in [3.63, 3.8) is 0 Å². The van der Waals surface area contributed by atoms with Crippen LogP contribution in [0.25, 0.3) is 0 Å². The summed E-state index contributed by atoms with van der Waals surface area (Å²) >= 11 is 0. The molecule has 1 aromatic heterocycles. The molecule has 4 nitrogen and oxygen atoms in total. The molecule has 0 saturated heterocycles. The Labute approximate surface area is 93.3 Å². The van der Waals surface area contributed by atoms with E-state index in [9.17, 15) is 4.79 Å². The highest BCUT2D eigenvalue weighted by Gasteiger charge is 2.07. The van der Waals surface area contributed by atoms with Gasteiger partial charge >= 0.3 is 5.97 Å². The Hall–Kier alpha value is -2.10. The standard InChI is InChI=1S/C12H12N2O2/c1-9-3-2-4-10(7-9)8-16-12(15)11-5-6-13-14-11/h2-7H,8H2,1H3,(H,13,14). The zero-order chi connectivity index (χ0) is 11.4. The lowest BCUT2D eigenvalue weighted by Crippen LogP contribution is -2.05. The van der Waals surface area contributed by atoms with E-state index >= 15 is 0 Å². The number of hydrogen-bond donors (Lipinski definition) is 1. The number of hydrogen-bond acceptors (Lipinski definition) is 3. The Morgan fingerprint density at radius 3 is 3.00 bits per heavy atom. The fraction of sp³-hybridized carbons (Fsp3) is 0.167. The van der Waals surface area contributed by atoms with Gasteiger partial charge in [0.15, 0.2) is 0 Å². The zero-order valence-corrected chi connectivity index (χ0v) is 8.93. The Bertz CT molecular complexity index is 478. The topological polar surface area (TPSA) is 55.0 Å². The summed E-state index contributed by atoms with van der Waals surface area (Å²) < 4.78 is 5.12. The molecule has 16 heavy (non-hydrogen) atoms. The van der Waals surface area contributed by atoms with Crippen LogP contribution in [0.2, 0.25) is 0 Å². The minimum Gasteiger partial charge on any atom is -0.456 e. The Kier molecular flexibility index (Phi) is 3.00. The maximum atomic E-state index is 11.5. The molecule has 1 N–H and O–H groups in total. The van der Waals surface area contributed by atoms with Gasteiger partial charge in [-0.3, -0.25) is 5.10 Å². The summed E-state index contributed by atoms with van der Waals surface area (Å²) in [4.78, 5) is 11.5. The molecule has 4 heteroatoms. The average Bonchev–Trinajstić information content (AvgIpc) is 2.79. The molecule has 82 valence electrons. The van der Waals surface area contributed by atoms with Crippen LogP contribution in [0.5, 0.6) is 0 Å². The number of nitrogens with one attached hydrogen (secondary N) is 1. The summed E-state index contributed by atoms with van der Waals surface area (Å²) in [5, 5.41) is 6.25. The minimum absolute atomic E-state index is 0.277. The maximum absolute atomic E-state index is 11.5. The van der Waals surface area contributed by atoms with Crippen LogP contribution in [0, 0.1) is 6.92 Å². The summed E-state index contributed by atoms with van der Waals surface area (Å²) in [6.45, 7) is 2.28. The molecule has 0 radical (unpaired) electrons. The average molecular weight is 216 g/mol. The van der Waals surface area contributed by atoms with E-state index in [1.165, 1.54) is 6.20 Å². The summed E-state index contributed by atoms with van der Waals surface area (Å²) in [6.07, 6.45) is 1.52. The number of ether oxygens (including phenoxy) is 1. The number of aryl methyl sites for hydroxylation is 1. The molecule has 2 aromatic rings. The minimum atomic E-state index is -0.390. The van der Waals surface area contributed by atoms with Gasteiger partial charge in [0.1, 0.15) is 12.3 Å². The van der Waals surface area contributed by atoms with Crippen LogP contribution in [0.15, 0.2) is 36.5 Å². The van der Waals surface area contributed by atoms with E-state index < -0.39 is 0 Å². The molecule has 0 unspecified atom stereocenters. The highest BCUT2D eigenvalue weighted by atomic mass is 16.5. The fourth-order valence-corrected chi connectivity index (χ4v) is 1.40. The van der Waals surface area contributed by atoms with Crippen LogP contribution in [0.3, 0.4) is 0 Å². The second-order valence-corrected chi connectivity index (χ2v) is 3.54. The smallest absolute Gasteiger partial charge is 0.356 e. The predicted octanol–water partition coefficient (Wildman–Crippen LogP) is 2.08. The third-order valence-electron chi connectivity index (χ3n) is 2.17. The van der Waals surface area contributed by atoms with Gasteiger partial charge in [0.25, 0.3) is 0 Å². The van der Waals surface area contributed by atoms with Crippen LogP contribution in [0.1, 0.15) is 21.6 Å². The number of carbonyl (C=O) groups is 1. The number of nitrogens with zero attached hydrogens (tertiary/aromatic N) is 1. The number of rotatable bonds is 3. The molecular formula is C12H12N2O2. The zero-order valence-electron chi connectivity index (χ0n) is 8.93. The summed E-state index contributed by atoms with van der Waals surface area (Å²) in [5.41, 5.74) is 2.50. The third kappa shape index (κ3) is 2.48. The quantitative estimate of drug-likeness (QED) is 0.799. The third-order valence-corrected chi connectivity index (χ3v) is 2.17. The second-order valence-electron chi connectivity index (χ2n) is 3.54. The highest BCUT2D eigenvalue weighted by molar-refractivity contribution is 5.86. The lowest BCUT2D eigenvalue weighted by molar-refractivity contribution is 0.0465. The largest absolute Gasteiger partial charge is 0.456 e. The van der Waals surface area contributed by atoms with Crippen molar-refractivity contribution in [2.24, 2.45) is 0 Å². The van der Waals surface area contributed by atoms with Crippen molar-refractivity contribution in [1.29, 1.82) is 0 Å². The number of aromatic nitrogens is 2. The van der Waals surface area contributed by atoms with E-state index in [2.05, 4.69) is 10.2 Å². The van der Waals surface area contributed by atoms with Gasteiger partial charge in [0, 0.05) is 6.20 Å². The first-order chi connectivity index (χ1) is 7.75. The molecule has 0 saturated carbocycles. The summed E-state index contributed by atoms with van der Waals surface area (Å²) in [5.74, 6) is -0.390. The lowest BCUT2D eigenvalue weighted by atomic mass is 10.1. The van der Waals surface area contributed by atoms with E-state index in [4.69, 9.17) is 4.74 Å². The lowest BCUT2D eigenvalue weighted by Gasteiger charge is -2.03. The van der Waals surface area contributed by atoms with Gasteiger partial charge in [-0.1, -0.05) is 29.8 Å². The SMILES string of the molecule is Cc1cccc(COC(=O)c2ccn[nH]2)c1. The van der Waals surface area contributed by atoms with Crippen molar-refractivity contribution in [2.45, 2.75) is 13.5 Å². The first-order valence-corrected chi connectivity index (χ1v) is 4.98. The van der Waals surface area contributed by atoms with Gasteiger partial charge in [-0.05, 0) is 18.6 Å². The molecule has 0 aliphatic carbocycles. The molecule has 0 aliphatic rings. The van der Waals surface area contributed by atoms with Gasteiger partial charge in [0.05, 0.1) is 0 Å². The van der Waals surface area contributed by atoms with E-state index in [1.54, 1.807) is 6.07 Å². The normalized spacial score (nSPS) is 10.1. The summed E-state index contributed by atoms with van der Waals surface area (Å²) in [6, 6.07) is 9.43. The van der Waals surface area contributed by atoms with Crippen LogP contribution in [0.4, 0.5) is 0 Å². The van der Waals surface area contributed by atoms with Gasteiger partial charge in [-0.25, -0.2) is 4.79 Å². The number of H-pyrrole nitrogens is 1. The molecule has 1 aromatic carbocycles. The molecule has 0 spiro atoms. The fourth-order valence-electron chi connectivity index (χ4n) is 1.40. The van der Waals surface area contributed by atoms with Crippen molar-refractivity contribution in [3.05, 3.63) is 53.3 Å². The van der Waals surface area contributed by atoms with Crippen LogP contribution in [-0.4, -0.2) is 16.2 Å². The van der Waals surface area contributed by atoms with Crippen LogP contribution >= 0.6 is 0 Å². The van der Waals surface area contributed by atoms with E-state index in [1.807, 2.05) is 31.2 Å². The molecular weight excluding hydrogens is 204 g/mol.